The first-order valence-corrected chi connectivity index (χ1v) is 3.00. The number of rotatable bonds is 0. The Morgan fingerprint density at radius 1 is 1.75 bits per heavy atom. The lowest BCUT2D eigenvalue weighted by Gasteiger charge is -2.07. The van der Waals surface area contributed by atoms with Gasteiger partial charge >= 0.3 is 0 Å². The van der Waals surface area contributed by atoms with Crippen LogP contribution in [-0.2, 0) is 0 Å². The lowest BCUT2D eigenvalue weighted by molar-refractivity contribution is 0.752. The molecule has 1 rings (SSSR count). The largest absolute Gasteiger partial charge is 0.287 e. The Labute approximate surface area is 50.1 Å². The quantitative estimate of drug-likeness (QED) is 0.449. The minimum Gasteiger partial charge on any atom is -0.287 e. The van der Waals surface area contributed by atoms with Crippen molar-refractivity contribution in [3.05, 3.63) is 12.2 Å². The highest BCUT2D eigenvalue weighted by molar-refractivity contribution is 5.93. The summed E-state index contributed by atoms with van der Waals surface area (Å²) in [5.74, 6) is 0. The molecule has 0 saturated carbocycles. The first-order valence-electron chi connectivity index (χ1n) is 3.00. The Bertz CT molecular complexity index is 133. The van der Waals surface area contributed by atoms with Gasteiger partial charge in [-0.05, 0) is 26.3 Å². The molecule has 0 saturated heterocycles. The Kier molecular flexibility index (Phi) is 1.47. The van der Waals surface area contributed by atoms with E-state index in [2.05, 4.69) is 24.1 Å². The molecule has 44 valence electrons. The van der Waals surface area contributed by atoms with Crippen LogP contribution in [0.3, 0.4) is 0 Å². The monoisotopic (exact) mass is 109 g/mol. The molecule has 0 radical (unpaired) electrons. The molecule has 0 spiro atoms. The SMILES string of the molecule is CC1=NC(C)CC=C1. The molecule has 0 aromatic rings. The summed E-state index contributed by atoms with van der Waals surface area (Å²) in [4.78, 5) is 4.31. The molecule has 1 atom stereocenters. The maximum Gasteiger partial charge on any atom is 0.0509 e. The van der Waals surface area contributed by atoms with Crippen molar-refractivity contribution in [2.24, 2.45) is 4.99 Å². The van der Waals surface area contributed by atoms with Crippen LogP contribution < -0.4 is 0 Å². The van der Waals surface area contributed by atoms with E-state index >= 15 is 0 Å². The fraction of sp³-hybridized carbons (Fsp3) is 0.571. The molecule has 8 heavy (non-hydrogen) atoms. The molecule has 1 heterocycles. The van der Waals surface area contributed by atoms with Crippen molar-refractivity contribution in [1.29, 1.82) is 0 Å². The third kappa shape index (κ3) is 1.19. The van der Waals surface area contributed by atoms with E-state index in [0.29, 0.717) is 6.04 Å². The van der Waals surface area contributed by atoms with Gasteiger partial charge in [0, 0.05) is 5.71 Å². The summed E-state index contributed by atoms with van der Waals surface area (Å²) in [6.07, 6.45) is 5.35. The Balaban J connectivity index is 2.63. The van der Waals surface area contributed by atoms with Crippen molar-refractivity contribution in [3.63, 3.8) is 0 Å². The van der Waals surface area contributed by atoms with Gasteiger partial charge in [0.1, 0.15) is 0 Å². The summed E-state index contributed by atoms with van der Waals surface area (Å²) in [7, 11) is 0. The maximum atomic E-state index is 4.31. The fourth-order valence-corrected chi connectivity index (χ4v) is 0.879. The van der Waals surface area contributed by atoms with Gasteiger partial charge in [-0.3, -0.25) is 4.99 Å². The molecule has 0 N–H and O–H groups in total. The molecule has 0 aromatic carbocycles. The van der Waals surface area contributed by atoms with Gasteiger partial charge in [0.25, 0.3) is 0 Å². The number of hydrogen-bond donors (Lipinski definition) is 0. The van der Waals surface area contributed by atoms with E-state index in [1.807, 2.05) is 6.92 Å². The second-order valence-corrected chi connectivity index (χ2v) is 2.26. The van der Waals surface area contributed by atoms with Crippen molar-refractivity contribution < 1.29 is 0 Å². The van der Waals surface area contributed by atoms with Crippen LogP contribution in [0.25, 0.3) is 0 Å². The average molecular weight is 109 g/mol. The van der Waals surface area contributed by atoms with Crippen LogP contribution in [0.1, 0.15) is 20.3 Å². The molecule has 1 unspecified atom stereocenters. The predicted octanol–water partition coefficient (Wildman–Crippen LogP) is 1.80. The van der Waals surface area contributed by atoms with Crippen molar-refractivity contribution in [2.75, 3.05) is 0 Å². The summed E-state index contributed by atoms with van der Waals surface area (Å²) >= 11 is 0. The summed E-state index contributed by atoms with van der Waals surface area (Å²) in [5.41, 5.74) is 1.16. The van der Waals surface area contributed by atoms with E-state index in [0.717, 1.165) is 12.1 Å². The standard InChI is InChI=1S/C7H11N/c1-6-4-3-5-7(2)8-6/h3-4,7H,5H2,1-2H3. The second kappa shape index (κ2) is 2.12. The Hall–Kier alpha value is -0.590. The summed E-state index contributed by atoms with van der Waals surface area (Å²) in [5, 5.41) is 0. The number of nitrogens with zero attached hydrogens (tertiary/aromatic N) is 1. The molecule has 1 heteroatoms. The highest BCUT2D eigenvalue weighted by atomic mass is 14.8. The van der Waals surface area contributed by atoms with E-state index in [4.69, 9.17) is 0 Å². The summed E-state index contributed by atoms with van der Waals surface area (Å²) in [6, 6.07) is 0.514. The van der Waals surface area contributed by atoms with Crippen LogP contribution >= 0.6 is 0 Å². The topological polar surface area (TPSA) is 12.4 Å². The van der Waals surface area contributed by atoms with Crippen LogP contribution in [0.5, 0.6) is 0 Å². The van der Waals surface area contributed by atoms with Crippen LogP contribution in [0, 0.1) is 0 Å². The predicted molar refractivity (Wildman–Crippen MR) is 36.3 cm³/mol. The van der Waals surface area contributed by atoms with Crippen LogP contribution in [0.15, 0.2) is 17.1 Å². The Morgan fingerprint density at radius 2 is 2.50 bits per heavy atom. The number of allylic oxidation sites excluding steroid dienone is 1. The van der Waals surface area contributed by atoms with Crippen molar-refractivity contribution in [3.8, 4) is 0 Å². The molecule has 1 aliphatic rings. The van der Waals surface area contributed by atoms with Gasteiger partial charge in [-0.1, -0.05) is 6.08 Å². The van der Waals surface area contributed by atoms with Gasteiger partial charge in [0.2, 0.25) is 0 Å². The number of hydrogen-bond acceptors (Lipinski definition) is 1. The average Bonchev–Trinajstić information content (AvgIpc) is 1.64. The molecule has 1 aliphatic heterocycles. The first kappa shape index (κ1) is 5.54. The lowest BCUT2D eigenvalue weighted by Crippen LogP contribution is -2.03. The number of aliphatic imine (C=N–C) groups is 1. The fourth-order valence-electron chi connectivity index (χ4n) is 0.879. The van der Waals surface area contributed by atoms with Gasteiger partial charge in [-0.2, -0.15) is 0 Å². The van der Waals surface area contributed by atoms with E-state index in [-0.39, 0.29) is 0 Å². The molecular weight excluding hydrogens is 98.1 g/mol. The second-order valence-electron chi connectivity index (χ2n) is 2.26. The third-order valence-corrected chi connectivity index (χ3v) is 1.26. The molecule has 0 aromatic heterocycles. The van der Waals surface area contributed by atoms with Crippen molar-refractivity contribution >= 4 is 5.71 Å². The van der Waals surface area contributed by atoms with Crippen LogP contribution in [-0.4, -0.2) is 11.8 Å². The Morgan fingerprint density at radius 3 is 2.88 bits per heavy atom. The zero-order valence-corrected chi connectivity index (χ0v) is 5.39. The maximum absolute atomic E-state index is 4.31. The normalized spacial score (nSPS) is 27.8. The molecule has 0 aliphatic carbocycles. The third-order valence-electron chi connectivity index (χ3n) is 1.26. The lowest BCUT2D eigenvalue weighted by atomic mass is 10.1. The minimum absolute atomic E-state index is 0.514. The van der Waals surface area contributed by atoms with E-state index in [1.54, 1.807) is 0 Å². The van der Waals surface area contributed by atoms with Crippen molar-refractivity contribution in [2.45, 2.75) is 26.3 Å². The zero-order valence-electron chi connectivity index (χ0n) is 5.39. The molecular formula is C7H11N. The number of dihydropyridines is 1. The van der Waals surface area contributed by atoms with Gasteiger partial charge in [-0.15, -0.1) is 0 Å². The highest BCUT2D eigenvalue weighted by Gasteiger charge is 1.99. The van der Waals surface area contributed by atoms with Crippen LogP contribution in [0.4, 0.5) is 0 Å². The minimum atomic E-state index is 0.514. The van der Waals surface area contributed by atoms with Crippen LogP contribution in [0.2, 0.25) is 0 Å². The van der Waals surface area contributed by atoms with E-state index < -0.39 is 0 Å². The van der Waals surface area contributed by atoms with Gasteiger partial charge in [0.05, 0.1) is 6.04 Å². The summed E-state index contributed by atoms with van der Waals surface area (Å²) < 4.78 is 0. The summed E-state index contributed by atoms with van der Waals surface area (Å²) in [6.45, 7) is 4.17. The molecule has 0 amide bonds. The molecule has 1 nitrogen and oxygen atoms in total. The van der Waals surface area contributed by atoms with Gasteiger partial charge in [0.15, 0.2) is 0 Å². The van der Waals surface area contributed by atoms with Gasteiger partial charge in [-0.25, -0.2) is 0 Å². The zero-order chi connectivity index (χ0) is 5.98. The van der Waals surface area contributed by atoms with Crippen molar-refractivity contribution in [1.82, 2.24) is 0 Å². The molecule has 0 bridgehead atoms. The smallest absolute Gasteiger partial charge is 0.0509 e. The van der Waals surface area contributed by atoms with Gasteiger partial charge < -0.3 is 0 Å². The highest BCUT2D eigenvalue weighted by Crippen LogP contribution is 2.04. The molecule has 0 fully saturated rings. The van der Waals surface area contributed by atoms with E-state index in [9.17, 15) is 0 Å². The van der Waals surface area contributed by atoms with E-state index in [1.165, 1.54) is 0 Å². The first-order chi connectivity index (χ1) is 3.79.